The van der Waals surface area contributed by atoms with E-state index in [0.717, 1.165) is 28.0 Å². The molecule has 3 heteroatoms. The minimum Gasteiger partial charge on any atom is -0.488 e. The highest BCUT2D eigenvalue weighted by molar-refractivity contribution is 5.83. The first-order chi connectivity index (χ1) is 11.5. The van der Waals surface area contributed by atoms with Crippen LogP contribution in [0.15, 0.2) is 59.2 Å². The van der Waals surface area contributed by atoms with Gasteiger partial charge in [-0.15, -0.1) is 0 Å². The topological polar surface area (TPSA) is 35.5 Å². The maximum atomic E-state index is 11.4. The highest BCUT2D eigenvalue weighted by Crippen LogP contribution is 2.29. The first kappa shape index (κ1) is 17.8. The molecule has 0 saturated carbocycles. The summed E-state index contributed by atoms with van der Waals surface area (Å²) in [5.74, 6) is 0.622. The number of ether oxygens (including phenoxy) is 2. The summed E-state index contributed by atoms with van der Waals surface area (Å²) in [4.78, 5) is 11.4. The number of rotatable bonds is 5. The van der Waals surface area contributed by atoms with Crippen LogP contribution in [0.4, 0.5) is 0 Å². The molecule has 0 fully saturated rings. The van der Waals surface area contributed by atoms with E-state index in [9.17, 15) is 4.79 Å². The largest absolute Gasteiger partial charge is 0.488 e. The highest BCUT2D eigenvalue weighted by Gasteiger charge is 2.12. The first-order valence-electron chi connectivity index (χ1n) is 8.14. The van der Waals surface area contributed by atoms with Crippen LogP contribution in [0.5, 0.6) is 5.75 Å². The number of carbonyl (C=O) groups excluding carboxylic acids is 1. The Morgan fingerprint density at radius 2 is 2.12 bits per heavy atom. The second kappa shape index (κ2) is 8.34. The zero-order chi connectivity index (χ0) is 17.5. The molecule has 24 heavy (non-hydrogen) atoms. The fourth-order valence-electron chi connectivity index (χ4n) is 2.39. The number of fused-ring (bicyclic) bond motifs is 1. The summed E-state index contributed by atoms with van der Waals surface area (Å²) in [6, 6.07) is 6.20. The number of aryl methyl sites for hydroxylation is 1. The zero-order valence-electron chi connectivity index (χ0n) is 14.8. The highest BCUT2D eigenvalue weighted by atomic mass is 16.5. The zero-order valence-corrected chi connectivity index (χ0v) is 14.8. The van der Waals surface area contributed by atoms with Gasteiger partial charge in [-0.25, -0.2) is 4.79 Å². The molecule has 1 aliphatic rings. The summed E-state index contributed by atoms with van der Waals surface area (Å²) in [5.41, 5.74) is 5.49. The summed E-state index contributed by atoms with van der Waals surface area (Å²) in [6.45, 7) is 8.77. The second-order valence-electron chi connectivity index (χ2n) is 5.85. The fourth-order valence-corrected chi connectivity index (χ4v) is 2.39. The summed E-state index contributed by atoms with van der Waals surface area (Å²) in [7, 11) is 0. The summed E-state index contributed by atoms with van der Waals surface area (Å²) < 4.78 is 10.7. The van der Waals surface area contributed by atoms with Gasteiger partial charge in [0, 0.05) is 11.6 Å². The lowest BCUT2D eigenvalue weighted by Crippen LogP contribution is -2.08. The van der Waals surface area contributed by atoms with E-state index in [1.807, 2.05) is 31.2 Å². The van der Waals surface area contributed by atoms with E-state index in [4.69, 9.17) is 9.47 Å². The average Bonchev–Trinajstić information content (AvgIpc) is 2.54. The molecule has 0 radical (unpaired) electrons. The van der Waals surface area contributed by atoms with Crippen LogP contribution in [0.1, 0.15) is 31.9 Å². The molecule has 3 nitrogen and oxygen atoms in total. The van der Waals surface area contributed by atoms with E-state index in [0.29, 0.717) is 13.2 Å². The normalized spacial score (nSPS) is 14.9. The van der Waals surface area contributed by atoms with Gasteiger partial charge in [-0.1, -0.05) is 29.9 Å². The van der Waals surface area contributed by atoms with E-state index < -0.39 is 0 Å². The molecule has 0 N–H and O–H groups in total. The fraction of sp³-hybridized carbons (Fsp3) is 0.286. The van der Waals surface area contributed by atoms with Crippen molar-refractivity contribution in [2.75, 3.05) is 13.2 Å². The van der Waals surface area contributed by atoms with Gasteiger partial charge in [-0.2, -0.15) is 0 Å². The van der Waals surface area contributed by atoms with Gasteiger partial charge in [0.25, 0.3) is 0 Å². The third-order valence-corrected chi connectivity index (χ3v) is 3.72. The molecule has 0 bridgehead atoms. The van der Waals surface area contributed by atoms with Gasteiger partial charge in [0.15, 0.2) is 0 Å². The van der Waals surface area contributed by atoms with Gasteiger partial charge in [0.1, 0.15) is 12.4 Å². The van der Waals surface area contributed by atoms with Gasteiger partial charge >= 0.3 is 5.97 Å². The lowest BCUT2D eigenvalue weighted by Gasteiger charge is -2.18. The second-order valence-corrected chi connectivity index (χ2v) is 5.85. The molecule has 0 saturated heterocycles. The Labute approximate surface area is 144 Å². The molecule has 0 aliphatic carbocycles. The molecule has 0 atom stereocenters. The third-order valence-electron chi connectivity index (χ3n) is 3.72. The van der Waals surface area contributed by atoms with E-state index in [1.165, 1.54) is 11.6 Å². The van der Waals surface area contributed by atoms with Crippen molar-refractivity contribution in [3.8, 4) is 5.75 Å². The quantitative estimate of drug-likeness (QED) is 0.444. The lowest BCUT2D eigenvalue weighted by atomic mass is 10.0. The molecule has 1 aromatic carbocycles. The van der Waals surface area contributed by atoms with Crippen molar-refractivity contribution in [2.45, 2.75) is 27.7 Å². The van der Waals surface area contributed by atoms with Crippen LogP contribution in [0.2, 0.25) is 0 Å². The van der Waals surface area contributed by atoms with Gasteiger partial charge in [-0.05, 0) is 62.6 Å². The Bertz CT molecular complexity index is 733. The molecular weight excluding hydrogens is 300 g/mol. The molecular formula is C21H24O3. The van der Waals surface area contributed by atoms with E-state index >= 15 is 0 Å². The van der Waals surface area contributed by atoms with Crippen LogP contribution in [0.3, 0.4) is 0 Å². The van der Waals surface area contributed by atoms with Crippen LogP contribution in [0, 0.1) is 6.92 Å². The first-order valence-corrected chi connectivity index (χ1v) is 8.14. The van der Waals surface area contributed by atoms with Crippen LogP contribution >= 0.6 is 0 Å². The van der Waals surface area contributed by atoms with E-state index in [2.05, 4.69) is 32.1 Å². The van der Waals surface area contributed by atoms with Crippen LogP contribution in [-0.4, -0.2) is 19.2 Å². The Balaban J connectivity index is 2.09. The average molecular weight is 324 g/mol. The monoisotopic (exact) mass is 324 g/mol. The maximum Gasteiger partial charge on any atom is 0.330 e. The van der Waals surface area contributed by atoms with Gasteiger partial charge in [0.05, 0.1) is 6.61 Å². The van der Waals surface area contributed by atoms with E-state index in [1.54, 1.807) is 6.92 Å². The van der Waals surface area contributed by atoms with Crippen molar-refractivity contribution in [3.63, 3.8) is 0 Å². The number of benzene rings is 1. The SMILES string of the molecule is CCOC(=O)C=C(C)C=CC=C(C)C1=Cc2cc(C)ccc2OC1. The summed E-state index contributed by atoms with van der Waals surface area (Å²) in [6.07, 6.45) is 9.52. The Morgan fingerprint density at radius 3 is 2.88 bits per heavy atom. The molecule has 1 heterocycles. The Morgan fingerprint density at radius 1 is 1.33 bits per heavy atom. The van der Waals surface area contributed by atoms with Gasteiger partial charge < -0.3 is 9.47 Å². The predicted octanol–water partition coefficient (Wildman–Crippen LogP) is 4.78. The predicted molar refractivity (Wildman–Crippen MR) is 97.9 cm³/mol. The Kier molecular flexibility index (Phi) is 6.19. The van der Waals surface area contributed by atoms with Crippen LogP contribution < -0.4 is 4.74 Å². The third kappa shape index (κ3) is 4.98. The minimum atomic E-state index is -0.310. The van der Waals surface area contributed by atoms with Crippen molar-refractivity contribution < 1.29 is 14.3 Å². The number of esters is 1. The number of hydrogen-bond acceptors (Lipinski definition) is 3. The molecule has 0 unspecified atom stereocenters. The molecule has 2 rings (SSSR count). The number of hydrogen-bond donors (Lipinski definition) is 0. The number of carbonyl (C=O) groups is 1. The maximum absolute atomic E-state index is 11.4. The van der Waals surface area contributed by atoms with Crippen molar-refractivity contribution in [1.29, 1.82) is 0 Å². The minimum absolute atomic E-state index is 0.310. The molecule has 126 valence electrons. The van der Waals surface area contributed by atoms with Gasteiger partial charge in [-0.3, -0.25) is 0 Å². The van der Waals surface area contributed by atoms with E-state index in [-0.39, 0.29) is 5.97 Å². The lowest BCUT2D eigenvalue weighted by molar-refractivity contribution is -0.137. The van der Waals surface area contributed by atoms with Crippen molar-refractivity contribution in [1.82, 2.24) is 0 Å². The smallest absolute Gasteiger partial charge is 0.330 e. The van der Waals surface area contributed by atoms with Crippen molar-refractivity contribution in [3.05, 3.63) is 70.3 Å². The molecule has 0 aromatic heterocycles. The molecule has 0 amide bonds. The molecule has 1 aliphatic heterocycles. The van der Waals surface area contributed by atoms with Gasteiger partial charge in [0.2, 0.25) is 0 Å². The van der Waals surface area contributed by atoms with Crippen LogP contribution in [0.25, 0.3) is 6.08 Å². The van der Waals surface area contributed by atoms with Crippen molar-refractivity contribution in [2.24, 2.45) is 0 Å². The molecule has 1 aromatic rings. The standard InChI is InChI=1S/C21H24O3/c1-5-23-21(22)12-15(2)7-6-8-17(4)19-13-18-11-16(3)9-10-20(18)24-14-19/h6-13H,5,14H2,1-4H3. The Hall–Kier alpha value is -2.55. The van der Waals surface area contributed by atoms with Crippen LogP contribution in [-0.2, 0) is 9.53 Å². The summed E-state index contributed by atoms with van der Waals surface area (Å²) in [5, 5.41) is 0. The van der Waals surface area contributed by atoms with Crippen molar-refractivity contribution >= 4 is 12.0 Å². The number of allylic oxidation sites excluding steroid dienone is 4. The molecule has 0 spiro atoms. The summed E-state index contributed by atoms with van der Waals surface area (Å²) >= 11 is 0.